The first kappa shape index (κ1) is 21.7. The number of ether oxygens (including phenoxy) is 2. The number of carbonyl (C=O) groups excluding carboxylic acids is 1. The van der Waals surface area contributed by atoms with Crippen LogP contribution in [-0.4, -0.2) is 68.5 Å². The number of para-hydroxylation sites is 2. The Morgan fingerprint density at radius 1 is 1.03 bits per heavy atom. The Hall–Kier alpha value is -2.57. The molecule has 1 amide bonds. The van der Waals surface area contributed by atoms with Gasteiger partial charge in [-0.15, -0.1) is 0 Å². The lowest BCUT2D eigenvalue weighted by Crippen LogP contribution is -2.49. The maximum absolute atomic E-state index is 13.5. The summed E-state index contributed by atoms with van der Waals surface area (Å²) in [5.41, 5.74) is 1.39. The van der Waals surface area contributed by atoms with Crippen LogP contribution in [0, 0.1) is 5.41 Å². The van der Waals surface area contributed by atoms with Crippen LogP contribution in [-0.2, 0) is 4.74 Å². The zero-order chi connectivity index (χ0) is 21.5. The summed E-state index contributed by atoms with van der Waals surface area (Å²) in [4.78, 5) is 17.7. The molecule has 6 nitrogen and oxygen atoms in total. The molecule has 1 N–H and O–H groups in total. The SMILES string of the molecule is O=C(c1ccccc1N1CCOCC1)N1CCC[C@](CO)(CCOc2ccccc2)C1. The number of hydrogen-bond acceptors (Lipinski definition) is 5. The van der Waals surface area contributed by atoms with Gasteiger partial charge in [0.05, 0.1) is 32.0 Å². The van der Waals surface area contributed by atoms with Crippen molar-refractivity contribution >= 4 is 11.6 Å². The first-order valence-electron chi connectivity index (χ1n) is 11.2. The monoisotopic (exact) mass is 424 g/mol. The molecule has 0 spiro atoms. The molecule has 0 aliphatic carbocycles. The van der Waals surface area contributed by atoms with Gasteiger partial charge in [-0.25, -0.2) is 0 Å². The summed E-state index contributed by atoms with van der Waals surface area (Å²) >= 11 is 0. The first-order chi connectivity index (χ1) is 15.2. The summed E-state index contributed by atoms with van der Waals surface area (Å²) in [5, 5.41) is 10.3. The molecule has 2 aromatic carbocycles. The van der Waals surface area contributed by atoms with E-state index in [1.54, 1.807) is 0 Å². The molecule has 2 aliphatic rings. The van der Waals surface area contributed by atoms with E-state index in [2.05, 4.69) is 4.90 Å². The zero-order valence-corrected chi connectivity index (χ0v) is 18.0. The molecule has 2 aromatic rings. The standard InChI is InChI=1S/C25H32N2O4/c28-20-25(12-16-31-21-7-2-1-3-8-21)11-6-13-27(19-25)24(29)22-9-4-5-10-23(22)26-14-17-30-18-15-26/h1-5,7-10,28H,6,11-20H2/t25-/m0/s1. The van der Waals surface area contributed by atoms with Gasteiger partial charge in [0.2, 0.25) is 0 Å². The lowest BCUT2D eigenvalue weighted by molar-refractivity contribution is 0.0156. The van der Waals surface area contributed by atoms with Gasteiger partial charge in [-0.3, -0.25) is 4.79 Å². The van der Waals surface area contributed by atoms with Crippen LogP contribution in [0.15, 0.2) is 54.6 Å². The predicted octanol–water partition coefficient (Wildman–Crippen LogP) is 3.21. The smallest absolute Gasteiger partial charge is 0.255 e. The Balaban J connectivity index is 1.44. The number of aliphatic hydroxyl groups excluding tert-OH is 1. The molecule has 0 unspecified atom stereocenters. The number of piperidine rings is 1. The molecule has 1 atom stereocenters. The van der Waals surface area contributed by atoms with Crippen LogP contribution in [0.4, 0.5) is 5.69 Å². The molecule has 2 saturated heterocycles. The number of rotatable bonds is 7. The third-order valence-electron chi connectivity index (χ3n) is 6.41. The average molecular weight is 425 g/mol. The number of morpholine rings is 1. The Morgan fingerprint density at radius 2 is 1.77 bits per heavy atom. The van der Waals surface area contributed by atoms with Gasteiger partial charge in [-0.05, 0) is 43.5 Å². The van der Waals surface area contributed by atoms with Gasteiger partial charge >= 0.3 is 0 Å². The Morgan fingerprint density at radius 3 is 2.55 bits per heavy atom. The van der Waals surface area contributed by atoms with Gasteiger partial charge in [0.1, 0.15) is 5.75 Å². The highest BCUT2D eigenvalue weighted by molar-refractivity contribution is 6.00. The fraction of sp³-hybridized carbons (Fsp3) is 0.480. The number of amides is 1. The Labute approximate surface area is 184 Å². The normalized spacial score (nSPS) is 21.7. The summed E-state index contributed by atoms with van der Waals surface area (Å²) in [7, 11) is 0. The lowest BCUT2D eigenvalue weighted by atomic mass is 9.78. The van der Waals surface area contributed by atoms with E-state index >= 15 is 0 Å². The zero-order valence-electron chi connectivity index (χ0n) is 18.0. The van der Waals surface area contributed by atoms with Crippen LogP contribution in [0.25, 0.3) is 0 Å². The number of nitrogens with zero attached hydrogens (tertiary/aromatic N) is 2. The molecule has 2 fully saturated rings. The fourth-order valence-electron chi connectivity index (χ4n) is 4.60. The minimum absolute atomic E-state index is 0.0450. The molecular weight excluding hydrogens is 392 g/mol. The van der Waals surface area contributed by atoms with Crippen molar-refractivity contribution in [2.45, 2.75) is 19.3 Å². The highest BCUT2D eigenvalue weighted by atomic mass is 16.5. The number of likely N-dealkylation sites (tertiary alicyclic amines) is 1. The van der Waals surface area contributed by atoms with Crippen molar-refractivity contribution in [2.24, 2.45) is 5.41 Å². The van der Waals surface area contributed by atoms with E-state index in [1.807, 2.05) is 59.5 Å². The summed E-state index contributed by atoms with van der Waals surface area (Å²) in [6, 6.07) is 17.6. The van der Waals surface area contributed by atoms with E-state index in [0.29, 0.717) is 32.8 Å². The second-order valence-electron chi connectivity index (χ2n) is 8.52. The molecule has 0 radical (unpaired) electrons. The molecule has 166 valence electrons. The molecular formula is C25H32N2O4. The minimum Gasteiger partial charge on any atom is -0.494 e. The van der Waals surface area contributed by atoms with Crippen molar-refractivity contribution in [1.82, 2.24) is 4.90 Å². The van der Waals surface area contributed by atoms with Crippen LogP contribution in [0.5, 0.6) is 5.75 Å². The fourth-order valence-corrected chi connectivity index (χ4v) is 4.60. The van der Waals surface area contributed by atoms with Gasteiger partial charge in [0, 0.05) is 37.3 Å². The van der Waals surface area contributed by atoms with Crippen LogP contribution < -0.4 is 9.64 Å². The third-order valence-corrected chi connectivity index (χ3v) is 6.41. The lowest BCUT2D eigenvalue weighted by Gasteiger charge is -2.42. The first-order valence-corrected chi connectivity index (χ1v) is 11.2. The molecule has 0 saturated carbocycles. The summed E-state index contributed by atoms with van der Waals surface area (Å²) in [6.45, 7) is 4.80. The quantitative estimate of drug-likeness (QED) is 0.740. The molecule has 2 heterocycles. The molecule has 31 heavy (non-hydrogen) atoms. The second-order valence-corrected chi connectivity index (χ2v) is 8.52. The van der Waals surface area contributed by atoms with Gasteiger partial charge in [-0.1, -0.05) is 30.3 Å². The van der Waals surface area contributed by atoms with Crippen LogP contribution in [0.2, 0.25) is 0 Å². The van der Waals surface area contributed by atoms with E-state index < -0.39 is 0 Å². The molecule has 0 aromatic heterocycles. The molecule has 2 aliphatic heterocycles. The predicted molar refractivity (Wildman–Crippen MR) is 121 cm³/mol. The highest BCUT2D eigenvalue weighted by Crippen LogP contribution is 2.35. The topological polar surface area (TPSA) is 62.2 Å². The Bertz CT molecular complexity index is 854. The van der Waals surface area contributed by atoms with E-state index in [-0.39, 0.29) is 17.9 Å². The number of aliphatic hydroxyl groups is 1. The van der Waals surface area contributed by atoms with Crippen molar-refractivity contribution in [1.29, 1.82) is 0 Å². The second kappa shape index (κ2) is 10.2. The van der Waals surface area contributed by atoms with Crippen molar-refractivity contribution in [3.05, 3.63) is 60.2 Å². The van der Waals surface area contributed by atoms with E-state index in [0.717, 1.165) is 49.5 Å². The maximum Gasteiger partial charge on any atom is 0.255 e. The van der Waals surface area contributed by atoms with Crippen LogP contribution >= 0.6 is 0 Å². The van der Waals surface area contributed by atoms with E-state index in [1.165, 1.54) is 0 Å². The molecule has 4 rings (SSSR count). The maximum atomic E-state index is 13.5. The number of hydrogen-bond donors (Lipinski definition) is 1. The van der Waals surface area contributed by atoms with Gasteiger partial charge in [0.15, 0.2) is 0 Å². The number of benzene rings is 2. The van der Waals surface area contributed by atoms with Gasteiger partial charge < -0.3 is 24.4 Å². The van der Waals surface area contributed by atoms with Crippen molar-refractivity contribution < 1.29 is 19.4 Å². The summed E-state index contributed by atoms with van der Waals surface area (Å²) < 4.78 is 11.4. The average Bonchev–Trinajstić information content (AvgIpc) is 2.85. The molecule has 0 bridgehead atoms. The van der Waals surface area contributed by atoms with Crippen LogP contribution in [0.1, 0.15) is 29.6 Å². The minimum atomic E-state index is -0.323. The van der Waals surface area contributed by atoms with E-state index in [4.69, 9.17) is 9.47 Å². The molecule has 6 heteroatoms. The summed E-state index contributed by atoms with van der Waals surface area (Å²) in [6.07, 6.45) is 2.50. The van der Waals surface area contributed by atoms with Crippen molar-refractivity contribution in [3.63, 3.8) is 0 Å². The van der Waals surface area contributed by atoms with Crippen molar-refractivity contribution in [3.8, 4) is 5.75 Å². The number of anilines is 1. The Kier molecular flexibility index (Phi) is 7.10. The largest absolute Gasteiger partial charge is 0.494 e. The van der Waals surface area contributed by atoms with Gasteiger partial charge in [0.25, 0.3) is 5.91 Å². The summed E-state index contributed by atoms with van der Waals surface area (Å²) in [5.74, 6) is 0.877. The van der Waals surface area contributed by atoms with Crippen LogP contribution in [0.3, 0.4) is 0 Å². The highest BCUT2D eigenvalue weighted by Gasteiger charge is 2.37. The van der Waals surface area contributed by atoms with Gasteiger partial charge in [-0.2, -0.15) is 0 Å². The van der Waals surface area contributed by atoms with Crippen molar-refractivity contribution in [2.75, 3.05) is 57.5 Å². The van der Waals surface area contributed by atoms with E-state index in [9.17, 15) is 9.90 Å². The number of carbonyl (C=O) groups is 1. The third kappa shape index (κ3) is 5.20.